The maximum atomic E-state index is 12.1. The first-order valence-corrected chi connectivity index (χ1v) is 42.2. The lowest BCUT2D eigenvalue weighted by molar-refractivity contribution is -0.118. The topological polar surface area (TPSA) is 383 Å². The number of carbonyl (C=O) groups excluding carboxylic acids is 3. The fraction of sp³-hybridized carbons (Fsp3) is 0.442. The van der Waals surface area contributed by atoms with Gasteiger partial charge in [-0.2, -0.15) is 26.3 Å². The van der Waals surface area contributed by atoms with Crippen LogP contribution < -0.4 is 49.9 Å². The summed E-state index contributed by atoms with van der Waals surface area (Å²) in [5, 5.41) is 53.7. The van der Waals surface area contributed by atoms with Gasteiger partial charge in [-0.3, -0.25) is 14.4 Å². The van der Waals surface area contributed by atoms with E-state index in [1.165, 1.54) is 76.3 Å². The Morgan fingerprint density at radius 2 is 0.576 bits per heavy atom. The molecule has 3 amide bonds. The molecule has 32 heteroatoms. The minimum atomic E-state index is -3.83. The smallest absolute Gasteiger partial charge is 0.262 e. The predicted octanol–water partition coefficient (Wildman–Crippen LogP) is 7.71. The molecule has 0 aliphatic carbocycles. The zero-order valence-electron chi connectivity index (χ0n) is 68.5. The number of piperidine rings is 2. The molecule has 5 aromatic rings. The van der Waals surface area contributed by atoms with E-state index < -0.39 is 20.0 Å². The fourth-order valence-corrected chi connectivity index (χ4v) is 14.1. The maximum Gasteiger partial charge on any atom is 0.262 e. The van der Waals surface area contributed by atoms with Crippen LogP contribution in [0.3, 0.4) is 0 Å². The van der Waals surface area contributed by atoms with Crippen LogP contribution in [0.5, 0.6) is 0 Å². The SMILES string of the molecule is COCCNC(=O)/C(C#N)=C/c1ccc(N2CCCCC2)cc1.COCCNC(=O)/C(C#N)=C/c1ccc(N2CCN(C)CC2)cc1.COCCNC(=O)/C(C#N)=C/c1ccc(N2CCOCC2)cc1.COCCNS(=O)(=O)/C(C#N)=C/c1ccc(N2CCCCC2)cc1.COCCNS(=O)(=O)/C(C#N)=C/c1ccc(N2CCOCC2)cc1. The number of benzene rings is 5. The van der Waals surface area contributed by atoms with Crippen molar-refractivity contribution in [3.8, 4) is 30.3 Å². The molecule has 5 fully saturated rings. The molecule has 0 aromatic heterocycles. The van der Waals surface area contributed by atoms with Gasteiger partial charge in [0.25, 0.3) is 37.8 Å². The molecule has 5 aliphatic rings. The number of methoxy groups -OCH3 is 5. The molecule has 5 aromatic carbocycles. The highest BCUT2D eigenvalue weighted by Crippen LogP contribution is 2.26. The van der Waals surface area contributed by atoms with E-state index in [0.717, 1.165) is 126 Å². The Morgan fingerprint density at radius 3 is 0.822 bits per heavy atom. The number of sulfonamides is 2. The van der Waals surface area contributed by atoms with Crippen LogP contribution in [-0.4, -0.2) is 253 Å². The number of piperazine rings is 1. The van der Waals surface area contributed by atoms with Gasteiger partial charge in [0.15, 0.2) is 9.81 Å². The number of nitriles is 5. The molecule has 632 valence electrons. The molecule has 0 atom stereocenters. The number of hydrogen-bond acceptors (Lipinski definition) is 25. The minimum Gasteiger partial charge on any atom is -0.383 e. The van der Waals surface area contributed by atoms with Crippen molar-refractivity contribution in [3.05, 3.63) is 176 Å². The Balaban J connectivity index is 0.000000229. The lowest BCUT2D eigenvalue weighted by atomic mass is 10.1. The molecule has 5 aliphatic heterocycles. The number of anilines is 5. The summed E-state index contributed by atoms with van der Waals surface area (Å²) in [6, 6.07) is 48.1. The predicted molar refractivity (Wildman–Crippen MR) is 460 cm³/mol. The number of nitrogens with zero attached hydrogens (tertiary/aromatic N) is 11. The van der Waals surface area contributed by atoms with Gasteiger partial charge < -0.3 is 78.5 Å². The molecule has 5 saturated heterocycles. The standard InChI is InChI=1S/C18H24N4O2.C18H23N3O2.C17H23N3O3S.C17H21N3O3.C16H21N3O4S/c1-21-8-10-22(11-9-21)17-5-3-15(4-6-17)13-16(14-19)18(23)20-7-12-24-2;1-23-12-9-20-18(22)16(14-19)13-15-5-7-17(8-6-15)21-10-3-2-4-11-21;1-23-12-9-19-24(21,22)17(14-18)13-15-5-7-16(8-6-15)20-10-3-2-4-11-20;1-22-9-6-19-17(21)15(13-18)12-14-2-4-16(5-3-14)20-7-10-23-11-8-20;1-22-9-6-18-24(20,21)16(13-17)12-14-2-4-15(5-3-14)19-7-10-23-11-8-19/h3-6,13H,7-12H2,1-2H3,(H,20,23);5-8,13H,2-4,9-12H2,1H3,(H,20,22);5-8,13,19H,2-4,9-12H2,1H3;2-5,12H,6-11H2,1H3,(H,19,21);2-5,12,18H,6-11H2,1H3/b2*16-13+;17-13+;15-12+;16-12+. The third-order valence-electron chi connectivity index (χ3n) is 18.9. The van der Waals surface area contributed by atoms with E-state index in [2.05, 4.69) is 74.0 Å². The lowest BCUT2D eigenvalue weighted by Gasteiger charge is -2.34. The van der Waals surface area contributed by atoms with Crippen LogP contribution in [0.25, 0.3) is 30.4 Å². The monoisotopic (exact) mass is 1660 g/mol. The van der Waals surface area contributed by atoms with Crippen molar-refractivity contribution in [2.24, 2.45) is 0 Å². The summed E-state index contributed by atoms with van der Waals surface area (Å²) in [7, 11) is 2.14. The Hall–Kier alpha value is -10.8. The van der Waals surface area contributed by atoms with Crippen molar-refractivity contribution in [2.75, 3.05) is 238 Å². The van der Waals surface area contributed by atoms with E-state index in [9.17, 15) is 36.5 Å². The molecule has 0 bridgehead atoms. The normalized spacial score (nSPS) is 15.6. The highest BCUT2D eigenvalue weighted by Gasteiger charge is 2.22. The summed E-state index contributed by atoms with van der Waals surface area (Å²) in [5.41, 5.74) is 9.80. The van der Waals surface area contributed by atoms with Crippen LogP contribution >= 0.6 is 0 Å². The van der Waals surface area contributed by atoms with Crippen LogP contribution in [-0.2, 0) is 67.6 Å². The molecule has 30 nitrogen and oxygen atoms in total. The second kappa shape index (κ2) is 54.2. The molecule has 10 rings (SSSR count). The lowest BCUT2D eigenvalue weighted by Crippen LogP contribution is -2.44. The van der Waals surface area contributed by atoms with E-state index in [4.69, 9.17) is 54.2 Å². The van der Waals surface area contributed by atoms with Gasteiger partial charge in [0.05, 0.1) is 59.5 Å². The summed E-state index contributed by atoms with van der Waals surface area (Å²) in [6.45, 7) is 17.9. The molecule has 0 radical (unpaired) electrons. The number of ether oxygens (including phenoxy) is 7. The molecule has 0 unspecified atom stereocenters. The van der Waals surface area contributed by atoms with Gasteiger partial charge in [0, 0.05) is 175 Å². The van der Waals surface area contributed by atoms with Crippen molar-refractivity contribution < 1.29 is 64.4 Å². The van der Waals surface area contributed by atoms with Crippen LogP contribution in [0.4, 0.5) is 28.4 Å². The van der Waals surface area contributed by atoms with Gasteiger partial charge in [-0.15, -0.1) is 0 Å². The molecule has 0 saturated carbocycles. The number of allylic oxidation sites excluding steroid dienone is 2. The molecule has 5 N–H and O–H groups in total. The number of carbonyl (C=O) groups is 3. The molecule has 5 heterocycles. The Morgan fingerprint density at radius 1 is 0.339 bits per heavy atom. The average molecular weight is 1660 g/mol. The fourth-order valence-electron chi connectivity index (χ4n) is 12.3. The number of hydrogen-bond donors (Lipinski definition) is 5. The van der Waals surface area contributed by atoms with Gasteiger partial charge in [-0.25, -0.2) is 26.3 Å². The van der Waals surface area contributed by atoms with Crippen molar-refractivity contribution in [3.63, 3.8) is 0 Å². The Kier molecular flexibility index (Phi) is 44.1. The zero-order chi connectivity index (χ0) is 85.2. The van der Waals surface area contributed by atoms with Crippen molar-refractivity contribution in [2.45, 2.75) is 38.5 Å². The third-order valence-corrected chi connectivity index (χ3v) is 21.7. The van der Waals surface area contributed by atoms with Gasteiger partial charge in [0.2, 0.25) is 0 Å². The average Bonchev–Trinajstić information content (AvgIpc) is 0.845. The number of amides is 3. The summed E-state index contributed by atoms with van der Waals surface area (Å²) in [4.78, 5) is 48.9. The van der Waals surface area contributed by atoms with E-state index in [1.807, 2.05) is 115 Å². The van der Waals surface area contributed by atoms with E-state index in [0.29, 0.717) is 63.8 Å². The second-order valence-electron chi connectivity index (χ2n) is 27.3. The number of morpholine rings is 2. The van der Waals surface area contributed by atoms with Crippen LogP contribution in [0.15, 0.2) is 148 Å². The van der Waals surface area contributed by atoms with Crippen molar-refractivity contribution >= 4 is 96.6 Å². The quantitative estimate of drug-likeness (QED) is 0.0156. The third kappa shape index (κ3) is 34.4. The number of likely N-dealkylation sites (N-methyl/N-ethyl adjacent to an activating group) is 1. The zero-order valence-corrected chi connectivity index (χ0v) is 70.1. The van der Waals surface area contributed by atoms with Gasteiger partial charge in [-0.1, -0.05) is 60.7 Å². The van der Waals surface area contributed by atoms with E-state index in [1.54, 1.807) is 63.8 Å². The van der Waals surface area contributed by atoms with E-state index >= 15 is 0 Å². The number of nitrogens with one attached hydrogen (secondary N) is 5. The van der Waals surface area contributed by atoms with Crippen LogP contribution in [0, 0.1) is 56.7 Å². The highest BCUT2D eigenvalue weighted by molar-refractivity contribution is 7.94. The molecule has 118 heavy (non-hydrogen) atoms. The van der Waals surface area contributed by atoms with Gasteiger partial charge >= 0.3 is 0 Å². The van der Waals surface area contributed by atoms with Crippen LogP contribution in [0.1, 0.15) is 66.3 Å². The summed E-state index contributed by atoms with van der Waals surface area (Å²) < 4.78 is 87.9. The minimum absolute atomic E-state index is 0.0835. The first-order chi connectivity index (χ1) is 57.2. The van der Waals surface area contributed by atoms with E-state index in [-0.39, 0.29) is 70.6 Å². The first kappa shape index (κ1) is 96.0. The van der Waals surface area contributed by atoms with Gasteiger partial charge in [-0.05, 0) is 164 Å². The summed E-state index contributed by atoms with van der Waals surface area (Å²) in [5.74, 6) is -1.14. The molecular weight excluding hydrogens is 1550 g/mol. The summed E-state index contributed by atoms with van der Waals surface area (Å²) in [6.07, 6.45) is 15.0. The second-order valence-corrected chi connectivity index (χ2v) is 30.8. The highest BCUT2D eigenvalue weighted by atomic mass is 32.2. The summed E-state index contributed by atoms with van der Waals surface area (Å²) >= 11 is 0. The van der Waals surface area contributed by atoms with Gasteiger partial charge in [0.1, 0.15) is 47.1 Å². The largest absolute Gasteiger partial charge is 0.383 e. The maximum absolute atomic E-state index is 12.1. The first-order valence-electron chi connectivity index (χ1n) is 39.2. The molecular formula is C86H112N16O14S2. The van der Waals surface area contributed by atoms with Crippen molar-refractivity contribution in [1.82, 2.24) is 30.3 Å². The van der Waals surface area contributed by atoms with Crippen molar-refractivity contribution in [1.29, 1.82) is 26.3 Å². The van der Waals surface area contributed by atoms with Crippen LogP contribution in [0.2, 0.25) is 0 Å². The number of rotatable bonds is 32. The Bertz CT molecular complexity index is 4290. The Labute approximate surface area is 696 Å². The molecule has 0 spiro atoms.